The molecule has 0 amide bonds. The third kappa shape index (κ3) is 4.73. The highest BCUT2D eigenvalue weighted by Crippen LogP contribution is 2.21. The van der Waals surface area contributed by atoms with Crippen LogP contribution < -0.4 is 14.6 Å². The van der Waals surface area contributed by atoms with Crippen LogP contribution in [0.5, 0.6) is 0 Å². The highest BCUT2D eigenvalue weighted by atomic mass is 32.2. The molecule has 0 spiro atoms. The summed E-state index contributed by atoms with van der Waals surface area (Å²) in [7, 11) is -8.04. The van der Waals surface area contributed by atoms with Crippen LogP contribution >= 0.6 is 0 Å². The highest BCUT2D eigenvalue weighted by molar-refractivity contribution is 7.93. The Morgan fingerprint density at radius 3 is 2.17 bits per heavy atom. The van der Waals surface area contributed by atoms with E-state index in [1.54, 1.807) is 6.92 Å². The Kier molecular flexibility index (Phi) is 5.31. The highest BCUT2D eigenvalue weighted by Gasteiger charge is 2.18. The molecule has 0 fully saturated rings. The van der Waals surface area contributed by atoms with Crippen LogP contribution in [0.3, 0.4) is 0 Å². The van der Waals surface area contributed by atoms with Gasteiger partial charge in [0.1, 0.15) is 5.76 Å². The van der Waals surface area contributed by atoms with Crippen molar-refractivity contribution in [3.63, 3.8) is 0 Å². The van der Waals surface area contributed by atoms with Crippen LogP contribution in [-0.4, -0.2) is 28.0 Å². The fourth-order valence-electron chi connectivity index (χ4n) is 2.32. The molecule has 2 N–H and O–H groups in total. The number of aromatic nitrogens is 1. The fraction of sp³-hybridized carbons (Fsp3) is 0.0588. The molecule has 0 aliphatic carbocycles. The Morgan fingerprint density at radius 1 is 0.931 bits per heavy atom. The van der Waals surface area contributed by atoms with Gasteiger partial charge in [-0.2, -0.15) is 0 Å². The zero-order chi connectivity index (χ0) is 21.2. The van der Waals surface area contributed by atoms with Gasteiger partial charge >= 0.3 is 0 Å². The lowest BCUT2D eigenvalue weighted by atomic mass is 10.2. The number of nitrogens with zero attached hydrogens (tertiary/aromatic N) is 1. The van der Waals surface area contributed by atoms with E-state index in [0.717, 1.165) is 6.07 Å². The van der Waals surface area contributed by atoms with Gasteiger partial charge in [0.05, 0.1) is 15.8 Å². The van der Waals surface area contributed by atoms with E-state index >= 15 is 0 Å². The predicted octanol–water partition coefficient (Wildman–Crippen LogP) is 0.948. The van der Waals surface area contributed by atoms with Gasteiger partial charge in [0.25, 0.3) is 20.0 Å². The topological polar surface area (TPSA) is 158 Å². The van der Waals surface area contributed by atoms with Crippen LogP contribution in [0.25, 0.3) is 0 Å². The van der Waals surface area contributed by atoms with Crippen molar-refractivity contribution in [1.29, 1.82) is 0 Å². The molecule has 12 heteroatoms. The van der Waals surface area contributed by atoms with Crippen molar-refractivity contribution in [2.24, 2.45) is 0 Å². The lowest BCUT2D eigenvalue weighted by Gasteiger charge is -2.11. The normalized spacial score (nSPS) is 11.8. The first-order valence-corrected chi connectivity index (χ1v) is 10.9. The van der Waals surface area contributed by atoms with Gasteiger partial charge < -0.3 is 14.4 Å². The van der Waals surface area contributed by atoms with Crippen LogP contribution in [0, 0.1) is 6.92 Å². The smallest absolute Gasteiger partial charge is 0.263 e. The van der Waals surface area contributed by atoms with Crippen molar-refractivity contribution >= 4 is 37.5 Å². The molecule has 3 aromatic rings. The van der Waals surface area contributed by atoms with E-state index < -0.39 is 26.0 Å². The number of nitrogens with one attached hydrogen (secondary N) is 2. The Balaban J connectivity index is 1.79. The summed E-state index contributed by atoms with van der Waals surface area (Å²) in [4.78, 5) is 10.5. The summed E-state index contributed by atoms with van der Waals surface area (Å²) in [6.07, 6.45) is 0. The van der Waals surface area contributed by atoms with Crippen molar-refractivity contribution in [1.82, 2.24) is 5.16 Å². The summed E-state index contributed by atoms with van der Waals surface area (Å²) in [6, 6.07) is 11.0. The second kappa shape index (κ2) is 7.56. The third-order valence-corrected chi connectivity index (χ3v) is 6.41. The van der Waals surface area contributed by atoms with Gasteiger partial charge in [-0.3, -0.25) is 9.44 Å². The van der Waals surface area contributed by atoms with Crippen LogP contribution in [0.15, 0.2) is 68.9 Å². The number of hydrogen-bond acceptors (Lipinski definition) is 8. The van der Waals surface area contributed by atoms with Gasteiger partial charge in [-0.05, 0) is 48.9 Å². The minimum Gasteiger partial charge on any atom is -0.545 e. The van der Waals surface area contributed by atoms with Crippen LogP contribution in [-0.2, 0) is 20.0 Å². The van der Waals surface area contributed by atoms with E-state index in [9.17, 15) is 26.7 Å². The molecule has 0 unspecified atom stereocenters. The molecule has 0 saturated heterocycles. The van der Waals surface area contributed by atoms with Crippen molar-refractivity contribution in [3.05, 3.63) is 65.9 Å². The average Bonchev–Trinajstić information content (AvgIpc) is 3.06. The van der Waals surface area contributed by atoms with Crippen molar-refractivity contribution < 1.29 is 31.3 Å². The first-order chi connectivity index (χ1) is 13.6. The quantitative estimate of drug-likeness (QED) is 0.554. The SMILES string of the molecule is Cc1cc(NS(=O)(=O)c2ccc(NS(=O)(=O)c3cccc(C(=O)[O-])c3)cc2)no1. The molecule has 1 heterocycles. The fourth-order valence-corrected chi connectivity index (χ4v) is 4.41. The predicted molar refractivity (Wildman–Crippen MR) is 100 cm³/mol. The standard InChI is InChI=1S/C17H15N3O7S2/c1-11-9-16(18-27-11)20-28(23,24)14-7-5-13(6-8-14)19-29(25,26)15-4-2-3-12(10-15)17(21)22/h2-10,19H,1H3,(H,18,20)(H,21,22)/p-1. The maximum absolute atomic E-state index is 12.4. The molecular formula is C17H14N3O7S2-. The number of carbonyl (C=O) groups excluding carboxylic acids is 1. The second-order valence-electron chi connectivity index (χ2n) is 5.87. The van der Waals surface area contributed by atoms with Crippen LogP contribution in [0.4, 0.5) is 11.5 Å². The molecule has 2 aromatic carbocycles. The van der Waals surface area contributed by atoms with Gasteiger partial charge in [-0.1, -0.05) is 17.3 Å². The molecule has 10 nitrogen and oxygen atoms in total. The maximum atomic E-state index is 12.4. The first-order valence-electron chi connectivity index (χ1n) is 7.97. The van der Waals surface area contributed by atoms with E-state index in [4.69, 9.17) is 4.52 Å². The Bertz CT molecular complexity index is 1260. The number of carboxylic acid groups (broad SMARTS) is 1. The number of benzene rings is 2. The molecular weight excluding hydrogens is 422 g/mol. The molecule has 0 radical (unpaired) electrons. The molecule has 29 heavy (non-hydrogen) atoms. The van der Waals surface area contributed by atoms with Gasteiger partial charge in [0.15, 0.2) is 5.82 Å². The number of aromatic carboxylic acids is 1. The summed E-state index contributed by atoms with van der Waals surface area (Å²) in [5.41, 5.74) is -0.205. The molecule has 0 atom stereocenters. The maximum Gasteiger partial charge on any atom is 0.263 e. The van der Waals surface area contributed by atoms with Gasteiger partial charge in [-0.25, -0.2) is 16.8 Å². The monoisotopic (exact) mass is 436 g/mol. The third-order valence-electron chi connectivity index (χ3n) is 3.66. The second-order valence-corrected chi connectivity index (χ2v) is 9.24. The first kappa shape index (κ1) is 20.4. The number of anilines is 2. The molecule has 0 aliphatic heterocycles. The Morgan fingerprint density at radius 2 is 1.59 bits per heavy atom. The number of rotatable bonds is 7. The van der Waals surface area contributed by atoms with Crippen LogP contribution in [0.1, 0.15) is 16.1 Å². The van der Waals surface area contributed by atoms with E-state index in [0.29, 0.717) is 5.76 Å². The molecule has 152 valence electrons. The number of carboxylic acids is 1. The Labute approximate surface area is 166 Å². The minimum absolute atomic E-state index is 0.0140. The number of sulfonamides is 2. The van der Waals surface area contributed by atoms with Gasteiger partial charge in [-0.15, -0.1) is 0 Å². The van der Waals surface area contributed by atoms with Gasteiger partial charge in [0.2, 0.25) is 0 Å². The van der Waals surface area contributed by atoms with E-state index in [1.807, 2.05) is 0 Å². The summed E-state index contributed by atoms with van der Waals surface area (Å²) in [6.45, 7) is 1.61. The molecule has 0 bridgehead atoms. The minimum atomic E-state index is -4.09. The number of hydrogen-bond donors (Lipinski definition) is 2. The molecule has 0 saturated carbocycles. The van der Waals surface area contributed by atoms with Crippen molar-refractivity contribution in [2.45, 2.75) is 16.7 Å². The number of aryl methyl sites for hydroxylation is 1. The molecule has 3 rings (SSSR count). The van der Waals surface area contributed by atoms with E-state index in [2.05, 4.69) is 14.6 Å². The molecule has 0 aliphatic rings. The zero-order valence-electron chi connectivity index (χ0n) is 14.8. The largest absolute Gasteiger partial charge is 0.545 e. The Hall–Kier alpha value is -3.38. The summed E-state index contributed by atoms with van der Waals surface area (Å²) < 4.78 is 58.8. The average molecular weight is 436 g/mol. The van der Waals surface area contributed by atoms with Crippen molar-refractivity contribution in [3.8, 4) is 0 Å². The summed E-state index contributed by atoms with van der Waals surface area (Å²) in [5.74, 6) is -1.07. The summed E-state index contributed by atoms with van der Waals surface area (Å²) in [5, 5.41) is 14.4. The summed E-state index contributed by atoms with van der Waals surface area (Å²) >= 11 is 0. The van der Waals surface area contributed by atoms with E-state index in [-0.39, 0.29) is 26.9 Å². The van der Waals surface area contributed by atoms with Crippen molar-refractivity contribution in [2.75, 3.05) is 9.44 Å². The zero-order valence-corrected chi connectivity index (χ0v) is 16.5. The number of carbonyl (C=O) groups is 1. The molecule has 1 aromatic heterocycles. The van der Waals surface area contributed by atoms with Gasteiger partial charge in [0, 0.05) is 11.8 Å². The lowest BCUT2D eigenvalue weighted by molar-refractivity contribution is -0.255. The van der Waals surface area contributed by atoms with Crippen LogP contribution in [0.2, 0.25) is 0 Å². The van der Waals surface area contributed by atoms with E-state index in [1.165, 1.54) is 48.5 Å². The lowest BCUT2D eigenvalue weighted by Crippen LogP contribution is -2.23.